The molecule has 0 saturated carbocycles. The van der Waals surface area contributed by atoms with E-state index in [9.17, 15) is 4.79 Å². The van der Waals surface area contributed by atoms with Gasteiger partial charge in [-0.3, -0.25) is 4.79 Å². The van der Waals surface area contributed by atoms with Crippen LogP contribution in [0.25, 0.3) is 0 Å². The molecule has 2 rings (SSSR count). The summed E-state index contributed by atoms with van der Waals surface area (Å²) in [6, 6.07) is 11.3. The highest BCUT2D eigenvalue weighted by Crippen LogP contribution is 2.22. The van der Waals surface area contributed by atoms with E-state index in [1.165, 1.54) is 5.56 Å². The maximum Gasteiger partial charge on any atom is 0.251 e. The molecule has 0 radical (unpaired) electrons. The number of methoxy groups -OCH3 is 2. The average molecular weight is 299 g/mol. The number of hydrogen-bond donors (Lipinski definition) is 1. The van der Waals surface area contributed by atoms with Crippen molar-refractivity contribution in [3.63, 3.8) is 0 Å². The second-order valence-corrected chi connectivity index (χ2v) is 5.21. The fourth-order valence-corrected chi connectivity index (χ4v) is 2.21. The standard InChI is InChI=1S/C18H21NO3/c1-12-5-6-13(2)15(7-12)11-19-18(20)14-8-16(21-3)10-17(9-14)22-4/h5-10H,11H2,1-4H3,(H,19,20). The smallest absolute Gasteiger partial charge is 0.251 e. The topological polar surface area (TPSA) is 47.6 Å². The number of aryl methyl sites for hydroxylation is 2. The lowest BCUT2D eigenvalue weighted by molar-refractivity contribution is 0.0950. The second kappa shape index (κ2) is 6.98. The van der Waals surface area contributed by atoms with Crippen LogP contribution in [0.2, 0.25) is 0 Å². The summed E-state index contributed by atoms with van der Waals surface area (Å²) in [4.78, 5) is 12.3. The van der Waals surface area contributed by atoms with Crippen LogP contribution in [-0.4, -0.2) is 20.1 Å². The van der Waals surface area contributed by atoms with Gasteiger partial charge in [0.05, 0.1) is 14.2 Å². The van der Waals surface area contributed by atoms with Crippen molar-refractivity contribution >= 4 is 5.91 Å². The van der Waals surface area contributed by atoms with Crippen molar-refractivity contribution in [2.75, 3.05) is 14.2 Å². The zero-order valence-electron chi connectivity index (χ0n) is 13.4. The zero-order chi connectivity index (χ0) is 16.1. The van der Waals surface area contributed by atoms with E-state index in [2.05, 4.69) is 23.5 Å². The van der Waals surface area contributed by atoms with Crippen LogP contribution in [0, 0.1) is 13.8 Å². The number of carbonyl (C=O) groups excluding carboxylic acids is 1. The number of carbonyl (C=O) groups is 1. The first-order valence-corrected chi connectivity index (χ1v) is 7.11. The van der Waals surface area contributed by atoms with Crippen LogP contribution in [0.15, 0.2) is 36.4 Å². The van der Waals surface area contributed by atoms with Crippen molar-refractivity contribution in [1.29, 1.82) is 0 Å². The van der Waals surface area contributed by atoms with E-state index in [0.717, 1.165) is 11.1 Å². The molecule has 22 heavy (non-hydrogen) atoms. The van der Waals surface area contributed by atoms with Crippen molar-refractivity contribution in [1.82, 2.24) is 5.32 Å². The maximum atomic E-state index is 12.3. The Morgan fingerprint density at radius 3 is 2.23 bits per heavy atom. The minimum atomic E-state index is -0.155. The highest BCUT2D eigenvalue weighted by Gasteiger charge is 2.10. The van der Waals surface area contributed by atoms with Gasteiger partial charge in [0.1, 0.15) is 11.5 Å². The van der Waals surface area contributed by atoms with Gasteiger partial charge in [0.25, 0.3) is 5.91 Å². The van der Waals surface area contributed by atoms with Crippen molar-refractivity contribution in [2.24, 2.45) is 0 Å². The van der Waals surface area contributed by atoms with E-state index < -0.39 is 0 Å². The van der Waals surface area contributed by atoms with Gasteiger partial charge < -0.3 is 14.8 Å². The summed E-state index contributed by atoms with van der Waals surface area (Å²) < 4.78 is 10.4. The molecule has 0 aliphatic heterocycles. The highest BCUT2D eigenvalue weighted by atomic mass is 16.5. The lowest BCUT2D eigenvalue weighted by Crippen LogP contribution is -2.23. The highest BCUT2D eigenvalue weighted by molar-refractivity contribution is 5.95. The van der Waals surface area contributed by atoms with Crippen LogP contribution in [0.3, 0.4) is 0 Å². The summed E-state index contributed by atoms with van der Waals surface area (Å²) in [5.41, 5.74) is 3.97. The minimum absolute atomic E-state index is 0.155. The van der Waals surface area contributed by atoms with Crippen molar-refractivity contribution < 1.29 is 14.3 Å². The molecular weight excluding hydrogens is 278 g/mol. The molecule has 4 nitrogen and oxygen atoms in total. The van der Waals surface area contributed by atoms with Gasteiger partial charge in [-0.05, 0) is 37.1 Å². The molecule has 0 unspecified atom stereocenters. The number of amides is 1. The molecule has 0 fully saturated rings. The quantitative estimate of drug-likeness (QED) is 0.922. The summed E-state index contributed by atoms with van der Waals surface area (Å²) in [5.74, 6) is 1.03. The number of hydrogen-bond acceptors (Lipinski definition) is 3. The van der Waals surface area contributed by atoms with Crippen LogP contribution in [0.5, 0.6) is 11.5 Å². The monoisotopic (exact) mass is 299 g/mol. The van der Waals surface area contributed by atoms with Gasteiger partial charge in [-0.1, -0.05) is 23.8 Å². The first-order chi connectivity index (χ1) is 10.5. The van der Waals surface area contributed by atoms with Crippen molar-refractivity contribution in [3.05, 3.63) is 58.7 Å². The molecule has 0 saturated heterocycles. The molecule has 0 aliphatic carbocycles. The number of ether oxygens (including phenoxy) is 2. The van der Waals surface area contributed by atoms with E-state index in [4.69, 9.17) is 9.47 Å². The lowest BCUT2D eigenvalue weighted by Gasteiger charge is -2.11. The largest absolute Gasteiger partial charge is 0.497 e. The lowest BCUT2D eigenvalue weighted by atomic mass is 10.1. The molecule has 0 heterocycles. The molecule has 116 valence electrons. The summed E-state index contributed by atoms with van der Waals surface area (Å²) >= 11 is 0. The summed E-state index contributed by atoms with van der Waals surface area (Å²) in [7, 11) is 3.12. The molecule has 0 bridgehead atoms. The van der Waals surface area contributed by atoms with Gasteiger partial charge in [0, 0.05) is 18.2 Å². The zero-order valence-corrected chi connectivity index (χ0v) is 13.4. The van der Waals surface area contributed by atoms with Crippen LogP contribution in [0.4, 0.5) is 0 Å². The maximum absolute atomic E-state index is 12.3. The number of rotatable bonds is 5. The van der Waals surface area contributed by atoms with Crippen LogP contribution in [0.1, 0.15) is 27.0 Å². The molecule has 0 atom stereocenters. The number of nitrogens with one attached hydrogen (secondary N) is 1. The minimum Gasteiger partial charge on any atom is -0.497 e. The molecule has 2 aromatic rings. The molecular formula is C18H21NO3. The molecule has 0 aromatic heterocycles. The first kappa shape index (κ1) is 15.9. The average Bonchev–Trinajstić information content (AvgIpc) is 2.54. The Hall–Kier alpha value is -2.49. The Balaban J connectivity index is 2.13. The van der Waals surface area contributed by atoms with E-state index >= 15 is 0 Å². The number of benzene rings is 2. The third kappa shape index (κ3) is 3.79. The SMILES string of the molecule is COc1cc(OC)cc(C(=O)NCc2cc(C)ccc2C)c1. The van der Waals surface area contributed by atoms with E-state index in [-0.39, 0.29) is 5.91 Å². The summed E-state index contributed by atoms with van der Waals surface area (Å²) in [6.45, 7) is 4.57. The summed E-state index contributed by atoms with van der Waals surface area (Å²) in [5, 5.41) is 2.94. The Morgan fingerprint density at radius 2 is 1.64 bits per heavy atom. The second-order valence-electron chi connectivity index (χ2n) is 5.21. The van der Waals surface area contributed by atoms with Gasteiger partial charge in [0.15, 0.2) is 0 Å². The first-order valence-electron chi connectivity index (χ1n) is 7.11. The van der Waals surface area contributed by atoms with Crippen LogP contribution < -0.4 is 14.8 Å². The van der Waals surface area contributed by atoms with E-state index in [1.807, 2.05) is 13.8 Å². The Bertz CT molecular complexity index is 658. The molecule has 2 aromatic carbocycles. The van der Waals surface area contributed by atoms with Crippen LogP contribution >= 0.6 is 0 Å². The molecule has 0 spiro atoms. The van der Waals surface area contributed by atoms with Gasteiger partial charge in [-0.25, -0.2) is 0 Å². The Kier molecular flexibility index (Phi) is 5.04. The molecule has 1 amide bonds. The van der Waals surface area contributed by atoms with Crippen LogP contribution in [-0.2, 0) is 6.54 Å². The third-order valence-corrected chi connectivity index (χ3v) is 3.56. The fourth-order valence-electron chi connectivity index (χ4n) is 2.21. The van der Waals surface area contributed by atoms with Gasteiger partial charge in [-0.2, -0.15) is 0 Å². The Morgan fingerprint density at radius 1 is 1.00 bits per heavy atom. The van der Waals surface area contributed by atoms with Gasteiger partial charge in [0.2, 0.25) is 0 Å². The third-order valence-electron chi connectivity index (χ3n) is 3.56. The predicted octanol–water partition coefficient (Wildman–Crippen LogP) is 3.25. The van der Waals surface area contributed by atoms with Gasteiger partial charge in [-0.15, -0.1) is 0 Å². The summed E-state index contributed by atoms with van der Waals surface area (Å²) in [6.07, 6.45) is 0. The van der Waals surface area contributed by atoms with Gasteiger partial charge >= 0.3 is 0 Å². The van der Waals surface area contributed by atoms with Crippen molar-refractivity contribution in [2.45, 2.75) is 20.4 Å². The predicted molar refractivity (Wildman–Crippen MR) is 86.6 cm³/mol. The molecule has 4 heteroatoms. The Labute approximate surface area is 131 Å². The van der Waals surface area contributed by atoms with Crippen molar-refractivity contribution in [3.8, 4) is 11.5 Å². The normalized spacial score (nSPS) is 10.2. The molecule has 0 aliphatic rings. The van der Waals surface area contributed by atoms with E-state index in [0.29, 0.717) is 23.6 Å². The van der Waals surface area contributed by atoms with E-state index in [1.54, 1.807) is 32.4 Å². The fraction of sp³-hybridized carbons (Fsp3) is 0.278. The molecule has 1 N–H and O–H groups in total.